The van der Waals surface area contributed by atoms with E-state index in [0.717, 1.165) is 22.9 Å². The third-order valence-electron chi connectivity index (χ3n) is 3.31. The van der Waals surface area contributed by atoms with Crippen molar-refractivity contribution in [1.82, 2.24) is 9.55 Å². The first-order chi connectivity index (χ1) is 9.04. The van der Waals surface area contributed by atoms with Gasteiger partial charge in [0.15, 0.2) is 0 Å². The SMILES string of the molecule is Cc1cn(C2CC2)c(Nc2cc(F)c(Br)cc2C)n1. The highest BCUT2D eigenvalue weighted by molar-refractivity contribution is 9.10. The number of rotatable bonds is 3. The maximum Gasteiger partial charge on any atom is 0.207 e. The van der Waals surface area contributed by atoms with Crippen molar-refractivity contribution >= 4 is 27.6 Å². The monoisotopic (exact) mass is 323 g/mol. The van der Waals surface area contributed by atoms with Gasteiger partial charge in [-0.25, -0.2) is 9.37 Å². The average molecular weight is 324 g/mol. The van der Waals surface area contributed by atoms with Crippen molar-refractivity contribution in [3.63, 3.8) is 0 Å². The normalized spacial score (nSPS) is 14.7. The van der Waals surface area contributed by atoms with Crippen LogP contribution in [0.3, 0.4) is 0 Å². The van der Waals surface area contributed by atoms with Crippen LogP contribution in [0.25, 0.3) is 0 Å². The van der Waals surface area contributed by atoms with Gasteiger partial charge in [-0.15, -0.1) is 0 Å². The van der Waals surface area contributed by atoms with Crippen LogP contribution in [0.15, 0.2) is 22.8 Å². The molecule has 2 aromatic rings. The number of nitrogens with zero attached hydrogens (tertiary/aromatic N) is 2. The Hall–Kier alpha value is -1.36. The topological polar surface area (TPSA) is 29.9 Å². The Morgan fingerprint density at radius 1 is 1.37 bits per heavy atom. The highest BCUT2D eigenvalue weighted by Gasteiger charge is 2.26. The second-order valence-electron chi connectivity index (χ2n) is 5.05. The van der Waals surface area contributed by atoms with Gasteiger partial charge in [-0.05, 0) is 60.3 Å². The van der Waals surface area contributed by atoms with Crippen LogP contribution in [-0.2, 0) is 0 Å². The molecule has 0 amide bonds. The number of halogens is 2. The largest absolute Gasteiger partial charge is 0.325 e. The van der Waals surface area contributed by atoms with Gasteiger partial charge in [0, 0.05) is 17.9 Å². The molecule has 3 rings (SSSR count). The molecule has 100 valence electrons. The van der Waals surface area contributed by atoms with Crippen LogP contribution in [0.4, 0.5) is 16.0 Å². The van der Waals surface area contributed by atoms with Gasteiger partial charge < -0.3 is 9.88 Å². The lowest BCUT2D eigenvalue weighted by Crippen LogP contribution is -2.03. The second kappa shape index (κ2) is 4.63. The van der Waals surface area contributed by atoms with Crippen LogP contribution >= 0.6 is 15.9 Å². The molecule has 1 saturated carbocycles. The molecule has 3 nitrogen and oxygen atoms in total. The van der Waals surface area contributed by atoms with Crippen LogP contribution in [0.2, 0.25) is 0 Å². The minimum atomic E-state index is -0.269. The molecule has 1 aliphatic carbocycles. The second-order valence-corrected chi connectivity index (χ2v) is 5.90. The number of hydrogen-bond donors (Lipinski definition) is 1. The van der Waals surface area contributed by atoms with E-state index < -0.39 is 0 Å². The van der Waals surface area contributed by atoms with Gasteiger partial charge in [0.1, 0.15) is 5.82 Å². The fourth-order valence-corrected chi connectivity index (χ4v) is 2.60. The fraction of sp³-hybridized carbons (Fsp3) is 0.357. The van der Waals surface area contributed by atoms with E-state index in [1.54, 1.807) is 6.07 Å². The Labute approximate surface area is 120 Å². The van der Waals surface area contributed by atoms with E-state index in [0.29, 0.717) is 10.5 Å². The summed E-state index contributed by atoms with van der Waals surface area (Å²) in [5, 5.41) is 3.24. The van der Waals surface area contributed by atoms with E-state index in [9.17, 15) is 4.39 Å². The highest BCUT2D eigenvalue weighted by Crippen LogP contribution is 2.38. The molecule has 5 heteroatoms. The predicted octanol–water partition coefficient (Wildman–Crippen LogP) is 4.48. The summed E-state index contributed by atoms with van der Waals surface area (Å²) in [4.78, 5) is 4.48. The van der Waals surface area contributed by atoms with E-state index in [-0.39, 0.29) is 5.82 Å². The molecule has 0 atom stereocenters. The number of anilines is 2. The van der Waals surface area contributed by atoms with E-state index >= 15 is 0 Å². The lowest BCUT2D eigenvalue weighted by Gasteiger charge is -2.11. The first-order valence-corrected chi connectivity index (χ1v) is 7.12. The molecule has 1 aliphatic rings. The number of aryl methyl sites for hydroxylation is 2. The van der Waals surface area contributed by atoms with E-state index in [2.05, 4.69) is 30.8 Å². The third kappa shape index (κ3) is 2.52. The molecule has 0 unspecified atom stereocenters. The first-order valence-electron chi connectivity index (χ1n) is 6.33. The molecule has 0 aliphatic heterocycles. The van der Waals surface area contributed by atoms with Crippen LogP contribution in [0, 0.1) is 19.7 Å². The molecule has 0 spiro atoms. The quantitative estimate of drug-likeness (QED) is 0.902. The van der Waals surface area contributed by atoms with E-state index in [1.807, 2.05) is 20.0 Å². The number of aromatic nitrogens is 2. The van der Waals surface area contributed by atoms with Gasteiger partial charge >= 0.3 is 0 Å². The van der Waals surface area contributed by atoms with Crippen molar-refractivity contribution in [2.24, 2.45) is 0 Å². The van der Waals surface area contributed by atoms with Crippen LogP contribution < -0.4 is 5.32 Å². The predicted molar refractivity (Wildman–Crippen MR) is 77.4 cm³/mol. The minimum absolute atomic E-state index is 0.269. The van der Waals surface area contributed by atoms with Crippen molar-refractivity contribution < 1.29 is 4.39 Å². The summed E-state index contributed by atoms with van der Waals surface area (Å²) >= 11 is 3.19. The van der Waals surface area contributed by atoms with Gasteiger partial charge in [-0.1, -0.05) is 0 Å². The summed E-state index contributed by atoms with van der Waals surface area (Å²) in [5.74, 6) is 0.527. The van der Waals surface area contributed by atoms with Gasteiger partial charge in [-0.2, -0.15) is 0 Å². The maximum atomic E-state index is 13.6. The zero-order valence-electron chi connectivity index (χ0n) is 10.9. The Bertz CT molecular complexity index is 632. The summed E-state index contributed by atoms with van der Waals surface area (Å²) in [6.45, 7) is 3.92. The van der Waals surface area contributed by atoms with Crippen LogP contribution in [0.5, 0.6) is 0 Å². The summed E-state index contributed by atoms with van der Waals surface area (Å²) < 4.78 is 16.3. The smallest absolute Gasteiger partial charge is 0.207 e. The first kappa shape index (κ1) is 12.7. The average Bonchev–Trinajstić information content (AvgIpc) is 3.11. The molecule has 19 heavy (non-hydrogen) atoms. The van der Waals surface area contributed by atoms with Crippen molar-refractivity contribution in [2.75, 3.05) is 5.32 Å². The Morgan fingerprint density at radius 2 is 2.11 bits per heavy atom. The summed E-state index contributed by atoms with van der Waals surface area (Å²) in [5.41, 5.74) is 2.72. The molecule has 1 heterocycles. The standard InChI is InChI=1S/C14H15BrFN3/c1-8-5-11(15)12(16)6-13(8)18-14-17-9(2)7-19(14)10-3-4-10/h5-7,10H,3-4H2,1-2H3,(H,17,18). The number of imidazole rings is 1. The summed E-state index contributed by atoms with van der Waals surface area (Å²) in [6, 6.07) is 3.82. The lowest BCUT2D eigenvalue weighted by atomic mass is 10.2. The number of benzene rings is 1. The molecular weight excluding hydrogens is 309 g/mol. The van der Waals surface area contributed by atoms with Crippen LogP contribution in [0.1, 0.15) is 30.1 Å². The Balaban J connectivity index is 1.95. The van der Waals surface area contributed by atoms with Crippen molar-refractivity contribution in [1.29, 1.82) is 0 Å². The summed E-state index contributed by atoms with van der Waals surface area (Å²) in [6.07, 6.45) is 4.43. The zero-order valence-corrected chi connectivity index (χ0v) is 12.5. The van der Waals surface area contributed by atoms with Crippen molar-refractivity contribution in [3.05, 3.63) is 39.9 Å². The Kier molecular flexibility index (Phi) is 3.09. The molecule has 0 radical (unpaired) electrons. The third-order valence-corrected chi connectivity index (χ3v) is 3.91. The van der Waals surface area contributed by atoms with Crippen molar-refractivity contribution in [3.8, 4) is 0 Å². The molecule has 0 bridgehead atoms. The van der Waals surface area contributed by atoms with Gasteiger partial charge in [-0.3, -0.25) is 0 Å². The number of hydrogen-bond acceptors (Lipinski definition) is 2. The molecule has 1 aromatic carbocycles. The Morgan fingerprint density at radius 3 is 2.79 bits per heavy atom. The molecule has 0 saturated heterocycles. The minimum Gasteiger partial charge on any atom is -0.325 e. The highest BCUT2D eigenvalue weighted by atomic mass is 79.9. The zero-order chi connectivity index (χ0) is 13.6. The van der Waals surface area contributed by atoms with Gasteiger partial charge in [0.05, 0.1) is 10.2 Å². The lowest BCUT2D eigenvalue weighted by molar-refractivity contribution is 0.621. The summed E-state index contributed by atoms with van der Waals surface area (Å²) in [7, 11) is 0. The van der Waals surface area contributed by atoms with E-state index in [1.165, 1.54) is 18.9 Å². The fourth-order valence-electron chi connectivity index (χ4n) is 2.14. The molecule has 1 aromatic heterocycles. The van der Waals surface area contributed by atoms with Gasteiger partial charge in [0.2, 0.25) is 5.95 Å². The van der Waals surface area contributed by atoms with Gasteiger partial charge in [0.25, 0.3) is 0 Å². The molecule has 1 fully saturated rings. The maximum absolute atomic E-state index is 13.6. The van der Waals surface area contributed by atoms with E-state index in [4.69, 9.17) is 0 Å². The molecule has 1 N–H and O–H groups in total. The molecular formula is C14H15BrFN3. The van der Waals surface area contributed by atoms with Crippen LogP contribution in [-0.4, -0.2) is 9.55 Å². The number of nitrogens with one attached hydrogen (secondary N) is 1. The van der Waals surface area contributed by atoms with Crippen molar-refractivity contribution in [2.45, 2.75) is 32.7 Å².